The quantitative estimate of drug-likeness (QED) is 0.854. The van der Waals surface area contributed by atoms with Crippen LogP contribution in [0.25, 0.3) is 5.70 Å². The average molecular weight is 402 g/mol. The predicted octanol–water partition coefficient (Wildman–Crippen LogP) is 2.56. The van der Waals surface area contributed by atoms with E-state index in [-0.39, 0.29) is 15.5 Å². The van der Waals surface area contributed by atoms with Crippen LogP contribution in [-0.2, 0) is 19.4 Å². The van der Waals surface area contributed by atoms with Crippen molar-refractivity contribution in [3.8, 4) is 0 Å². The van der Waals surface area contributed by atoms with E-state index < -0.39 is 21.6 Å². The van der Waals surface area contributed by atoms with Crippen molar-refractivity contribution in [2.75, 3.05) is 31.6 Å². The van der Waals surface area contributed by atoms with Gasteiger partial charge in [-0.05, 0) is 30.7 Å². The van der Waals surface area contributed by atoms with Gasteiger partial charge in [-0.3, -0.25) is 4.79 Å². The van der Waals surface area contributed by atoms with Crippen molar-refractivity contribution in [2.45, 2.75) is 11.8 Å². The second-order valence-electron chi connectivity index (χ2n) is 6.70. The minimum Gasteiger partial charge on any atom is -0.378 e. The van der Waals surface area contributed by atoms with Crippen LogP contribution in [-0.4, -0.2) is 45.5 Å². The molecule has 1 fully saturated rings. The van der Waals surface area contributed by atoms with Crippen molar-refractivity contribution in [1.29, 1.82) is 0 Å². The smallest absolute Gasteiger partial charge is 0.268 e. The lowest BCUT2D eigenvalue weighted by molar-refractivity contribution is -0.130. The summed E-state index contributed by atoms with van der Waals surface area (Å²) >= 11 is 0. The largest absolute Gasteiger partial charge is 0.378 e. The number of hydrogen-bond donors (Lipinski definition) is 1. The molecule has 1 amide bonds. The van der Waals surface area contributed by atoms with Crippen LogP contribution in [0, 0.1) is 12.7 Å². The Hall–Kier alpha value is -2.71. The van der Waals surface area contributed by atoms with Crippen LogP contribution >= 0.6 is 0 Å². The maximum atomic E-state index is 14.0. The molecule has 28 heavy (non-hydrogen) atoms. The number of rotatable bonds is 3. The number of aryl methyl sites for hydroxylation is 1. The van der Waals surface area contributed by atoms with Crippen molar-refractivity contribution in [2.24, 2.45) is 0 Å². The lowest BCUT2D eigenvalue weighted by Gasteiger charge is -2.27. The number of fused-ring (bicyclic) bond motifs is 1. The molecule has 146 valence electrons. The van der Waals surface area contributed by atoms with E-state index in [1.165, 1.54) is 17.0 Å². The van der Waals surface area contributed by atoms with E-state index in [1.54, 1.807) is 37.3 Å². The van der Waals surface area contributed by atoms with Gasteiger partial charge in [-0.15, -0.1) is 0 Å². The molecule has 1 N–H and O–H groups in total. The van der Waals surface area contributed by atoms with Crippen molar-refractivity contribution >= 4 is 27.1 Å². The monoisotopic (exact) mass is 402 g/mol. The highest BCUT2D eigenvalue weighted by Crippen LogP contribution is 2.40. The molecule has 0 atom stereocenters. The van der Waals surface area contributed by atoms with Crippen LogP contribution in [0.5, 0.6) is 0 Å². The highest BCUT2D eigenvalue weighted by atomic mass is 32.2. The van der Waals surface area contributed by atoms with Gasteiger partial charge in [0.25, 0.3) is 5.91 Å². The average Bonchev–Trinajstić information content (AvgIpc) is 2.92. The number of benzene rings is 2. The molecule has 2 aliphatic rings. The fraction of sp³-hybridized carbons (Fsp3) is 0.250. The molecular weight excluding hydrogens is 383 g/mol. The van der Waals surface area contributed by atoms with Crippen LogP contribution in [0.4, 0.5) is 10.1 Å². The Morgan fingerprint density at radius 2 is 1.86 bits per heavy atom. The molecule has 2 aromatic carbocycles. The van der Waals surface area contributed by atoms with Crippen molar-refractivity contribution < 1.29 is 22.3 Å². The summed E-state index contributed by atoms with van der Waals surface area (Å²) in [6.07, 6.45) is 0. The van der Waals surface area contributed by atoms with E-state index >= 15 is 0 Å². The zero-order chi connectivity index (χ0) is 19.9. The number of ether oxygens (including phenoxy) is 1. The molecule has 0 saturated carbocycles. The zero-order valence-corrected chi connectivity index (χ0v) is 16.1. The molecule has 6 nitrogen and oxygen atoms in total. The number of carbonyl (C=O) groups is 1. The number of nitrogens with one attached hydrogen (secondary N) is 1. The first-order valence-electron chi connectivity index (χ1n) is 8.88. The molecule has 0 unspecified atom stereocenters. The molecule has 2 aromatic rings. The minimum absolute atomic E-state index is 0.0710. The first-order valence-corrected chi connectivity index (χ1v) is 10.4. The van der Waals surface area contributed by atoms with Gasteiger partial charge in [0.2, 0.25) is 9.84 Å². The summed E-state index contributed by atoms with van der Waals surface area (Å²) in [6.45, 7) is 3.00. The highest BCUT2D eigenvalue weighted by molar-refractivity contribution is 7.97. The number of hydrogen-bond acceptors (Lipinski definition) is 5. The molecule has 0 aromatic heterocycles. The van der Waals surface area contributed by atoms with Gasteiger partial charge in [0, 0.05) is 24.3 Å². The topological polar surface area (TPSA) is 75.7 Å². The summed E-state index contributed by atoms with van der Waals surface area (Å²) < 4.78 is 45.5. The van der Waals surface area contributed by atoms with Gasteiger partial charge in [-0.25, -0.2) is 12.8 Å². The molecule has 8 heteroatoms. The Kier molecular flexibility index (Phi) is 4.68. The number of morpholine rings is 1. The maximum absolute atomic E-state index is 14.0. The molecule has 4 rings (SSSR count). The van der Waals surface area contributed by atoms with Gasteiger partial charge >= 0.3 is 0 Å². The third kappa shape index (κ3) is 3.08. The number of anilines is 1. The van der Waals surface area contributed by atoms with Crippen LogP contribution in [0.2, 0.25) is 0 Å². The summed E-state index contributed by atoms with van der Waals surface area (Å²) in [4.78, 5) is 14.4. The molecule has 0 radical (unpaired) electrons. The lowest BCUT2D eigenvalue weighted by atomic mass is 10.1. The van der Waals surface area contributed by atoms with E-state index in [2.05, 4.69) is 5.32 Å². The molecule has 1 saturated heterocycles. The third-order valence-corrected chi connectivity index (χ3v) is 6.73. The lowest BCUT2D eigenvalue weighted by Crippen LogP contribution is -2.42. The third-order valence-electron chi connectivity index (χ3n) is 4.88. The first-order chi connectivity index (χ1) is 13.4. The minimum atomic E-state index is -3.99. The maximum Gasteiger partial charge on any atom is 0.268 e. The second-order valence-corrected chi connectivity index (χ2v) is 8.55. The molecule has 2 heterocycles. The predicted molar refractivity (Wildman–Crippen MR) is 103 cm³/mol. The van der Waals surface area contributed by atoms with Crippen LogP contribution in [0.3, 0.4) is 0 Å². The Bertz CT molecular complexity index is 1090. The summed E-state index contributed by atoms with van der Waals surface area (Å²) in [5, 5.41) is 2.97. The SMILES string of the molecule is Cc1ccc(NC2=C(C(=O)N3CCOCC3)S(=O)(=O)c3ccccc32)cc1F. The highest BCUT2D eigenvalue weighted by Gasteiger charge is 2.42. The van der Waals surface area contributed by atoms with Gasteiger partial charge in [-0.1, -0.05) is 24.3 Å². The van der Waals surface area contributed by atoms with Crippen molar-refractivity contribution in [3.63, 3.8) is 0 Å². The number of sulfone groups is 1. The number of halogens is 1. The van der Waals surface area contributed by atoms with E-state index in [0.29, 0.717) is 43.1 Å². The van der Waals surface area contributed by atoms with Crippen LogP contribution in [0.15, 0.2) is 52.3 Å². The standard InChI is InChI=1S/C20H19FN2O4S/c1-13-6-7-14(12-16(13)21)22-18-15-4-2-3-5-17(15)28(25,26)19(18)20(24)23-8-10-27-11-9-23/h2-7,12,22H,8-11H2,1H3. The Labute approximate surface area is 162 Å². The van der Waals surface area contributed by atoms with Crippen LogP contribution < -0.4 is 5.32 Å². The number of nitrogens with zero attached hydrogens (tertiary/aromatic N) is 1. The summed E-state index contributed by atoms with van der Waals surface area (Å²) in [5.41, 5.74) is 1.43. The fourth-order valence-electron chi connectivity index (χ4n) is 3.35. The Balaban J connectivity index is 1.84. The molecule has 0 aliphatic carbocycles. The summed E-state index contributed by atoms with van der Waals surface area (Å²) in [6, 6.07) is 11.0. The van der Waals surface area contributed by atoms with Crippen LogP contribution in [0.1, 0.15) is 11.1 Å². The zero-order valence-electron chi connectivity index (χ0n) is 15.2. The van der Waals surface area contributed by atoms with Gasteiger partial charge in [-0.2, -0.15) is 0 Å². The molecule has 0 bridgehead atoms. The van der Waals surface area contributed by atoms with E-state index in [0.717, 1.165) is 0 Å². The van der Waals surface area contributed by atoms with Gasteiger partial charge in [0.05, 0.1) is 23.8 Å². The molecule has 0 spiro atoms. The number of amides is 1. The van der Waals surface area contributed by atoms with Gasteiger partial charge in [0.15, 0.2) is 4.91 Å². The summed E-state index contributed by atoms with van der Waals surface area (Å²) in [7, 11) is -3.99. The molecular formula is C20H19FN2O4S. The summed E-state index contributed by atoms with van der Waals surface area (Å²) in [5.74, 6) is -0.990. The van der Waals surface area contributed by atoms with E-state index in [1.807, 2.05) is 0 Å². The van der Waals surface area contributed by atoms with Crippen molar-refractivity contribution in [1.82, 2.24) is 4.90 Å². The van der Waals surface area contributed by atoms with Gasteiger partial charge < -0.3 is 15.0 Å². The Morgan fingerprint density at radius 1 is 1.14 bits per heavy atom. The second kappa shape index (κ2) is 7.03. The normalized spacial score (nSPS) is 18.1. The fourth-order valence-corrected chi connectivity index (χ4v) is 5.07. The van der Waals surface area contributed by atoms with E-state index in [4.69, 9.17) is 4.74 Å². The molecule has 2 aliphatic heterocycles. The first kappa shape index (κ1) is 18.6. The van der Waals surface area contributed by atoms with Crippen molar-refractivity contribution in [3.05, 3.63) is 64.3 Å². The van der Waals surface area contributed by atoms with Gasteiger partial charge in [0.1, 0.15) is 5.82 Å². The van der Waals surface area contributed by atoms with E-state index in [9.17, 15) is 17.6 Å². The number of carbonyl (C=O) groups excluding carboxylic acids is 1. The Morgan fingerprint density at radius 3 is 2.57 bits per heavy atom.